The van der Waals surface area contributed by atoms with Gasteiger partial charge in [0.2, 0.25) is 10.0 Å². The Balaban J connectivity index is 5.90. The quantitative estimate of drug-likeness (QED) is 0.532. The van der Waals surface area contributed by atoms with E-state index in [-0.39, 0.29) is 12.8 Å². The van der Waals surface area contributed by atoms with Crippen LogP contribution in [0.15, 0.2) is 0 Å². The van der Waals surface area contributed by atoms with Crippen LogP contribution in [0, 0.1) is 0 Å². The molecule has 0 aromatic rings. The van der Waals surface area contributed by atoms with Crippen LogP contribution in [0.5, 0.6) is 0 Å². The average Bonchev–Trinajstić information content (AvgIpc) is 2.45. The molecular weight excluding hydrogens is 338 g/mol. The van der Waals surface area contributed by atoms with E-state index in [9.17, 15) is 21.4 Å². The van der Waals surface area contributed by atoms with Crippen molar-refractivity contribution in [2.24, 2.45) is 0 Å². The lowest BCUT2D eigenvalue weighted by atomic mass is 10.0. The van der Waals surface area contributed by atoms with Gasteiger partial charge in [-0.15, -0.1) is 0 Å². The Morgan fingerprint density at radius 1 is 0.957 bits per heavy atom. The molecule has 8 heteroatoms. The molecule has 0 fully saturated rings. The molecule has 0 aliphatic carbocycles. The van der Waals surface area contributed by atoms with Crippen LogP contribution in [0.4, 0.5) is 0 Å². The van der Waals surface area contributed by atoms with Gasteiger partial charge in [0.25, 0.3) is 10.1 Å². The zero-order chi connectivity index (χ0) is 18.3. The molecule has 0 rings (SSSR count). The fraction of sp³-hybridized carbons (Fsp3) is 1.00. The minimum Gasteiger partial charge on any atom is -0.285 e. The third-order valence-electron chi connectivity index (χ3n) is 4.56. The van der Waals surface area contributed by atoms with E-state index in [2.05, 4.69) is 0 Å². The van der Waals surface area contributed by atoms with Crippen molar-refractivity contribution in [3.05, 3.63) is 0 Å². The first kappa shape index (κ1) is 22.8. The Bertz CT molecular complexity index is 536. The maximum atomic E-state index is 13.2. The zero-order valence-corrected chi connectivity index (χ0v) is 16.7. The molecule has 0 aliphatic heterocycles. The second kappa shape index (κ2) is 9.34. The van der Waals surface area contributed by atoms with Crippen molar-refractivity contribution in [3.8, 4) is 0 Å². The molecule has 0 bridgehead atoms. The van der Waals surface area contributed by atoms with E-state index < -0.39 is 30.1 Å². The van der Waals surface area contributed by atoms with Crippen molar-refractivity contribution in [2.45, 2.75) is 83.1 Å². The minimum atomic E-state index is -4.45. The zero-order valence-electron chi connectivity index (χ0n) is 15.1. The summed E-state index contributed by atoms with van der Waals surface area (Å²) in [6.07, 6.45) is 3.35. The molecule has 23 heavy (non-hydrogen) atoms. The second-order valence-electron chi connectivity index (χ2n) is 6.19. The van der Waals surface area contributed by atoms with Crippen LogP contribution >= 0.6 is 0 Å². The number of hydrogen-bond donors (Lipinski definition) is 1. The van der Waals surface area contributed by atoms with Crippen molar-refractivity contribution in [2.75, 3.05) is 13.1 Å². The molecule has 140 valence electrons. The molecule has 0 spiro atoms. The second-order valence-corrected chi connectivity index (χ2v) is 10.2. The molecule has 0 aromatic carbocycles. The first-order valence-electron chi connectivity index (χ1n) is 8.48. The van der Waals surface area contributed by atoms with Gasteiger partial charge in [0.1, 0.15) is 10.00 Å². The van der Waals surface area contributed by atoms with Crippen LogP contribution in [0.3, 0.4) is 0 Å². The van der Waals surface area contributed by atoms with Crippen molar-refractivity contribution < 1.29 is 21.4 Å². The van der Waals surface area contributed by atoms with Gasteiger partial charge in [-0.1, -0.05) is 40.5 Å². The Hall–Kier alpha value is -0.180. The van der Waals surface area contributed by atoms with Crippen LogP contribution in [0.25, 0.3) is 0 Å². The molecular formula is C15H33NO5S2. The Labute approximate surface area is 142 Å². The standard InChI is InChI=1S/C15H33NO5S2/c1-6-10-12-16(13-11-7-2)23(20,21)15(5,9-4)14(8-3)22(17,18)19/h14H,6-13H2,1-5H3,(H,17,18,19). The lowest BCUT2D eigenvalue weighted by molar-refractivity contribution is 0.357. The van der Waals surface area contributed by atoms with Crippen LogP contribution in [0.2, 0.25) is 0 Å². The van der Waals surface area contributed by atoms with Gasteiger partial charge < -0.3 is 0 Å². The Morgan fingerprint density at radius 2 is 1.39 bits per heavy atom. The first-order chi connectivity index (χ1) is 10.5. The molecule has 0 heterocycles. The number of hydrogen-bond acceptors (Lipinski definition) is 4. The largest absolute Gasteiger partial charge is 0.285 e. The van der Waals surface area contributed by atoms with E-state index in [4.69, 9.17) is 0 Å². The monoisotopic (exact) mass is 371 g/mol. The predicted octanol–water partition coefficient (Wildman–Crippen LogP) is 3.05. The third-order valence-corrected chi connectivity index (χ3v) is 9.08. The van der Waals surface area contributed by atoms with Gasteiger partial charge in [0.15, 0.2) is 0 Å². The van der Waals surface area contributed by atoms with Gasteiger partial charge in [-0.2, -0.15) is 8.42 Å². The molecule has 0 radical (unpaired) electrons. The summed E-state index contributed by atoms with van der Waals surface area (Å²) in [7, 11) is -8.31. The average molecular weight is 372 g/mol. The predicted molar refractivity (Wildman–Crippen MR) is 94.6 cm³/mol. The number of rotatable bonds is 12. The lowest BCUT2D eigenvalue weighted by Crippen LogP contribution is -2.55. The molecule has 0 aliphatic rings. The smallest absolute Gasteiger partial charge is 0.269 e. The van der Waals surface area contributed by atoms with Crippen LogP contribution < -0.4 is 0 Å². The summed E-state index contributed by atoms with van der Waals surface area (Å²) < 4.78 is 59.3. The molecule has 2 unspecified atom stereocenters. The highest BCUT2D eigenvalue weighted by molar-refractivity contribution is 7.93. The highest BCUT2D eigenvalue weighted by Crippen LogP contribution is 2.34. The van der Waals surface area contributed by atoms with Gasteiger partial charge in [-0.25, -0.2) is 12.7 Å². The topological polar surface area (TPSA) is 91.8 Å². The van der Waals surface area contributed by atoms with E-state index in [1.54, 1.807) is 13.8 Å². The summed E-state index contributed by atoms with van der Waals surface area (Å²) in [4.78, 5) is 0. The van der Waals surface area contributed by atoms with Crippen LogP contribution in [-0.4, -0.2) is 48.8 Å². The summed E-state index contributed by atoms with van der Waals surface area (Å²) in [6, 6.07) is 0. The van der Waals surface area contributed by atoms with E-state index >= 15 is 0 Å². The molecule has 6 nitrogen and oxygen atoms in total. The minimum absolute atomic E-state index is 0.0534. The summed E-state index contributed by atoms with van der Waals surface area (Å²) in [5, 5.41) is -1.32. The summed E-state index contributed by atoms with van der Waals surface area (Å²) in [5.74, 6) is 0. The van der Waals surface area contributed by atoms with Gasteiger partial charge in [-0.05, 0) is 32.6 Å². The molecule has 0 amide bonds. The van der Waals surface area contributed by atoms with Crippen LogP contribution in [0.1, 0.15) is 73.1 Å². The molecule has 1 N–H and O–H groups in total. The van der Waals surface area contributed by atoms with Crippen molar-refractivity contribution in [1.82, 2.24) is 4.31 Å². The molecule has 0 saturated carbocycles. The maximum absolute atomic E-state index is 13.2. The highest BCUT2D eigenvalue weighted by atomic mass is 32.2. The molecule has 2 atom stereocenters. The fourth-order valence-corrected chi connectivity index (χ4v) is 6.99. The van der Waals surface area contributed by atoms with E-state index in [0.29, 0.717) is 13.1 Å². The fourth-order valence-electron chi connectivity index (χ4n) is 2.85. The normalized spacial score (nSPS) is 17.2. The molecule has 0 saturated heterocycles. The van der Waals surface area contributed by atoms with Crippen molar-refractivity contribution >= 4 is 20.1 Å². The third kappa shape index (κ3) is 5.41. The lowest BCUT2D eigenvalue weighted by Gasteiger charge is -2.38. The Morgan fingerprint density at radius 3 is 1.65 bits per heavy atom. The van der Waals surface area contributed by atoms with Crippen molar-refractivity contribution in [3.63, 3.8) is 0 Å². The van der Waals surface area contributed by atoms with Gasteiger partial charge in [0.05, 0.1) is 0 Å². The van der Waals surface area contributed by atoms with Gasteiger partial charge in [0, 0.05) is 13.1 Å². The molecule has 0 aromatic heterocycles. The van der Waals surface area contributed by atoms with Crippen LogP contribution in [-0.2, 0) is 20.1 Å². The summed E-state index contributed by atoms with van der Waals surface area (Å²) in [6.45, 7) is 9.42. The summed E-state index contributed by atoms with van der Waals surface area (Å²) >= 11 is 0. The summed E-state index contributed by atoms with van der Waals surface area (Å²) in [5.41, 5.74) is 0. The number of unbranched alkanes of at least 4 members (excludes halogenated alkanes) is 2. The van der Waals surface area contributed by atoms with E-state index in [1.807, 2.05) is 13.8 Å². The van der Waals surface area contributed by atoms with Gasteiger partial charge in [-0.3, -0.25) is 4.55 Å². The van der Waals surface area contributed by atoms with Crippen molar-refractivity contribution in [1.29, 1.82) is 0 Å². The number of nitrogens with zero attached hydrogens (tertiary/aromatic N) is 1. The first-order valence-corrected chi connectivity index (χ1v) is 11.4. The Kier molecular flexibility index (Phi) is 9.27. The van der Waals surface area contributed by atoms with Gasteiger partial charge >= 0.3 is 0 Å². The van der Waals surface area contributed by atoms with E-state index in [1.165, 1.54) is 11.2 Å². The SMILES string of the molecule is CCCCN(CCCC)S(=O)(=O)C(C)(CC)C(CC)S(=O)(=O)O. The highest BCUT2D eigenvalue weighted by Gasteiger charge is 2.51. The maximum Gasteiger partial charge on any atom is 0.269 e. The van der Waals surface area contributed by atoms with E-state index in [0.717, 1.165) is 25.7 Å². The number of sulfonamides is 1.